The molecule has 0 atom stereocenters. The number of carbonyl (C=O) groups excluding carboxylic acids is 2. The largest absolute Gasteiger partial charge is 0.351 e. The molecule has 1 aliphatic rings. The summed E-state index contributed by atoms with van der Waals surface area (Å²) in [4.78, 5) is 24.7. The molecule has 2 rings (SSSR count). The molecule has 152 valence electrons. The molecule has 1 fully saturated rings. The SMILES string of the molecule is CC(C)(C)CC(=O)Nc1ccc(Cl)c(C(=O)NCC2(C)CCNCC2)c1.Cl. The summed E-state index contributed by atoms with van der Waals surface area (Å²) in [5.41, 5.74) is 0.979. The van der Waals surface area contributed by atoms with E-state index in [-0.39, 0.29) is 35.1 Å². The Kier molecular flexibility index (Phi) is 8.58. The van der Waals surface area contributed by atoms with Crippen LogP contribution in [0.2, 0.25) is 5.02 Å². The summed E-state index contributed by atoms with van der Waals surface area (Å²) in [6.07, 6.45) is 2.47. The highest BCUT2D eigenvalue weighted by atomic mass is 35.5. The van der Waals surface area contributed by atoms with Crippen molar-refractivity contribution in [3.8, 4) is 0 Å². The number of benzene rings is 1. The topological polar surface area (TPSA) is 70.2 Å². The Morgan fingerprint density at radius 2 is 1.85 bits per heavy atom. The molecule has 2 amide bonds. The fraction of sp³-hybridized carbons (Fsp3) is 0.600. The molecule has 5 nitrogen and oxygen atoms in total. The van der Waals surface area contributed by atoms with Crippen LogP contribution in [0.5, 0.6) is 0 Å². The third kappa shape index (κ3) is 7.68. The minimum absolute atomic E-state index is 0. The quantitative estimate of drug-likeness (QED) is 0.672. The first-order valence-corrected chi connectivity index (χ1v) is 9.54. The highest BCUT2D eigenvalue weighted by molar-refractivity contribution is 6.34. The van der Waals surface area contributed by atoms with Crippen molar-refractivity contribution < 1.29 is 9.59 Å². The van der Waals surface area contributed by atoms with Gasteiger partial charge in [0, 0.05) is 18.7 Å². The minimum atomic E-state index is -0.207. The van der Waals surface area contributed by atoms with Crippen LogP contribution in [-0.4, -0.2) is 31.4 Å². The van der Waals surface area contributed by atoms with Gasteiger partial charge in [0.2, 0.25) is 5.91 Å². The van der Waals surface area contributed by atoms with Crippen LogP contribution in [0.3, 0.4) is 0 Å². The number of carbonyl (C=O) groups is 2. The van der Waals surface area contributed by atoms with Crippen molar-refractivity contribution in [3.63, 3.8) is 0 Å². The number of rotatable bonds is 5. The van der Waals surface area contributed by atoms with E-state index in [2.05, 4.69) is 22.9 Å². The lowest BCUT2D eigenvalue weighted by atomic mass is 9.81. The molecule has 1 saturated heterocycles. The standard InChI is InChI=1S/C20H30ClN3O2.ClH/c1-19(2,3)12-17(25)24-14-5-6-16(21)15(11-14)18(26)23-13-20(4)7-9-22-10-8-20;/h5-6,11,22H,7-10,12-13H2,1-4H3,(H,23,26)(H,24,25);1H. The smallest absolute Gasteiger partial charge is 0.252 e. The molecule has 7 heteroatoms. The van der Waals surface area contributed by atoms with Gasteiger partial charge < -0.3 is 16.0 Å². The molecule has 0 aliphatic carbocycles. The summed E-state index contributed by atoms with van der Waals surface area (Å²) in [6.45, 7) is 10.8. The Balaban J connectivity index is 0.00000364. The Hall–Kier alpha value is -1.30. The maximum Gasteiger partial charge on any atom is 0.252 e. The van der Waals surface area contributed by atoms with Crippen molar-refractivity contribution in [2.75, 3.05) is 25.0 Å². The Morgan fingerprint density at radius 3 is 2.44 bits per heavy atom. The van der Waals surface area contributed by atoms with Gasteiger partial charge in [0.15, 0.2) is 0 Å². The summed E-state index contributed by atoms with van der Waals surface area (Å²) in [5, 5.41) is 9.57. The highest BCUT2D eigenvalue weighted by Gasteiger charge is 2.27. The van der Waals surface area contributed by atoms with E-state index in [9.17, 15) is 9.59 Å². The van der Waals surface area contributed by atoms with Crippen LogP contribution in [0.25, 0.3) is 0 Å². The molecule has 0 spiro atoms. The first-order chi connectivity index (χ1) is 12.1. The normalized spacial score (nSPS) is 16.2. The van der Waals surface area contributed by atoms with Crippen LogP contribution >= 0.6 is 24.0 Å². The van der Waals surface area contributed by atoms with Crippen molar-refractivity contribution in [1.82, 2.24) is 10.6 Å². The summed E-state index contributed by atoms with van der Waals surface area (Å²) >= 11 is 6.21. The zero-order valence-corrected chi connectivity index (χ0v) is 18.1. The van der Waals surface area contributed by atoms with Crippen LogP contribution in [0.4, 0.5) is 5.69 Å². The first kappa shape index (κ1) is 23.7. The van der Waals surface area contributed by atoms with E-state index in [1.807, 2.05) is 20.8 Å². The summed E-state index contributed by atoms with van der Waals surface area (Å²) in [7, 11) is 0. The van der Waals surface area contributed by atoms with E-state index in [0.29, 0.717) is 29.2 Å². The van der Waals surface area contributed by atoms with E-state index in [1.165, 1.54) is 0 Å². The molecule has 0 unspecified atom stereocenters. The van der Waals surface area contributed by atoms with E-state index >= 15 is 0 Å². The van der Waals surface area contributed by atoms with Gasteiger partial charge in [-0.3, -0.25) is 9.59 Å². The average molecular weight is 416 g/mol. The summed E-state index contributed by atoms with van der Waals surface area (Å²) < 4.78 is 0. The van der Waals surface area contributed by atoms with Gasteiger partial charge in [0.05, 0.1) is 10.6 Å². The Morgan fingerprint density at radius 1 is 1.22 bits per heavy atom. The summed E-state index contributed by atoms with van der Waals surface area (Å²) in [6, 6.07) is 5.01. The molecule has 1 aromatic rings. The van der Waals surface area contributed by atoms with Gasteiger partial charge >= 0.3 is 0 Å². The van der Waals surface area contributed by atoms with Gasteiger partial charge in [-0.15, -0.1) is 12.4 Å². The molecule has 0 aromatic heterocycles. The maximum atomic E-state index is 12.6. The number of nitrogens with one attached hydrogen (secondary N) is 3. The number of hydrogen-bond acceptors (Lipinski definition) is 3. The third-order valence-electron chi connectivity index (χ3n) is 4.67. The predicted octanol–water partition coefficient (Wildman–Crippen LogP) is 4.26. The van der Waals surface area contributed by atoms with Crippen molar-refractivity contribution in [3.05, 3.63) is 28.8 Å². The van der Waals surface area contributed by atoms with Crippen molar-refractivity contribution in [2.45, 2.75) is 47.0 Å². The van der Waals surface area contributed by atoms with E-state index < -0.39 is 0 Å². The van der Waals surface area contributed by atoms with Gasteiger partial charge in [-0.05, 0) is 55.0 Å². The lowest BCUT2D eigenvalue weighted by molar-refractivity contribution is -0.117. The fourth-order valence-corrected chi connectivity index (χ4v) is 3.26. The van der Waals surface area contributed by atoms with Gasteiger partial charge in [-0.2, -0.15) is 0 Å². The number of hydrogen-bond donors (Lipinski definition) is 3. The second kappa shape index (κ2) is 9.76. The fourth-order valence-electron chi connectivity index (χ4n) is 3.06. The zero-order chi connectivity index (χ0) is 19.4. The van der Waals surface area contributed by atoms with Crippen LogP contribution in [0.15, 0.2) is 18.2 Å². The Labute approximate surface area is 173 Å². The summed E-state index contributed by atoms with van der Waals surface area (Å²) in [5.74, 6) is -0.282. The molecule has 27 heavy (non-hydrogen) atoms. The molecule has 0 bridgehead atoms. The van der Waals surface area contributed by atoms with Crippen molar-refractivity contribution in [1.29, 1.82) is 0 Å². The second-order valence-electron chi connectivity index (χ2n) is 8.72. The van der Waals surface area contributed by atoms with Gasteiger partial charge in [-0.1, -0.05) is 39.3 Å². The first-order valence-electron chi connectivity index (χ1n) is 9.16. The lowest BCUT2D eigenvalue weighted by Crippen LogP contribution is -2.42. The number of amides is 2. The van der Waals surface area contributed by atoms with Crippen LogP contribution in [-0.2, 0) is 4.79 Å². The van der Waals surface area contributed by atoms with Gasteiger partial charge in [0.25, 0.3) is 5.91 Å². The minimum Gasteiger partial charge on any atom is -0.351 e. The van der Waals surface area contributed by atoms with Gasteiger partial charge in [0.1, 0.15) is 0 Å². The Bertz CT molecular complexity index is 666. The third-order valence-corrected chi connectivity index (χ3v) is 5.00. The van der Waals surface area contributed by atoms with Crippen molar-refractivity contribution >= 4 is 41.5 Å². The average Bonchev–Trinajstić information content (AvgIpc) is 2.53. The van der Waals surface area contributed by atoms with Gasteiger partial charge in [-0.25, -0.2) is 0 Å². The van der Waals surface area contributed by atoms with Crippen LogP contribution in [0.1, 0.15) is 57.3 Å². The molecule has 1 aromatic carbocycles. The highest BCUT2D eigenvalue weighted by Crippen LogP contribution is 2.27. The molecule has 3 N–H and O–H groups in total. The molecule has 0 radical (unpaired) electrons. The predicted molar refractivity (Wildman–Crippen MR) is 114 cm³/mol. The molecule has 0 saturated carbocycles. The van der Waals surface area contributed by atoms with Crippen LogP contribution in [0, 0.1) is 10.8 Å². The number of halogens is 2. The number of anilines is 1. The maximum absolute atomic E-state index is 12.6. The lowest BCUT2D eigenvalue weighted by Gasteiger charge is -2.34. The second-order valence-corrected chi connectivity index (χ2v) is 9.13. The zero-order valence-electron chi connectivity index (χ0n) is 16.6. The van der Waals surface area contributed by atoms with Crippen molar-refractivity contribution in [2.24, 2.45) is 10.8 Å². The molecular formula is C20H31Cl2N3O2. The molecule has 1 aliphatic heterocycles. The number of piperidine rings is 1. The van der Waals surface area contributed by atoms with E-state index in [0.717, 1.165) is 25.9 Å². The van der Waals surface area contributed by atoms with E-state index in [1.54, 1.807) is 18.2 Å². The molecular weight excluding hydrogens is 385 g/mol. The molecule has 1 heterocycles. The van der Waals surface area contributed by atoms with E-state index in [4.69, 9.17) is 11.6 Å². The monoisotopic (exact) mass is 415 g/mol. The van der Waals surface area contributed by atoms with Crippen LogP contribution < -0.4 is 16.0 Å².